The van der Waals surface area contributed by atoms with Crippen molar-refractivity contribution in [1.29, 1.82) is 0 Å². The van der Waals surface area contributed by atoms with E-state index in [9.17, 15) is 9.59 Å². The maximum Gasteiger partial charge on any atom is 0.229 e. The number of thioether (sulfide) groups is 1. The van der Waals surface area contributed by atoms with Gasteiger partial charge in [0, 0.05) is 24.1 Å². The fraction of sp³-hybridized carbons (Fsp3) is 0.300. The van der Waals surface area contributed by atoms with Crippen molar-refractivity contribution in [3.05, 3.63) is 59.7 Å². The predicted octanol–water partition coefficient (Wildman–Crippen LogP) is 3.70. The molecule has 0 aliphatic carbocycles. The van der Waals surface area contributed by atoms with Crippen LogP contribution in [0.25, 0.3) is 0 Å². The van der Waals surface area contributed by atoms with Crippen LogP contribution in [0.15, 0.2) is 53.4 Å². The molecule has 0 saturated heterocycles. The lowest BCUT2D eigenvalue weighted by atomic mass is 10.0. The van der Waals surface area contributed by atoms with Crippen LogP contribution in [-0.4, -0.2) is 24.1 Å². The molecule has 2 aromatic rings. The Labute approximate surface area is 152 Å². The summed E-state index contributed by atoms with van der Waals surface area (Å²) in [5.74, 6) is 0.790. The second kappa shape index (κ2) is 7.74. The van der Waals surface area contributed by atoms with E-state index in [0.717, 1.165) is 27.5 Å². The molecule has 1 atom stereocenters. The summed E-state index contributed by atoms with van der Waals surface area (Å²) in [6, 6.07) is 15.6. The summed E-state index contributed by atoms with van der Waals surface area (Å²) in [6.45, 7) is 4.20. The normalized spacial score (nSPS) is 14.6. The van der Waals surface area contributed by atoms with E-state index >= 15 is 0 Å². The van der Waals surface area contributed by atoms with Crippen molar-refractivity contribution in [1.82, 2.24) is 5.32 Å². The lowest BCUT2D eigenvalue weighted by Gasteiger charge is -2.30. The topological polar surface area (TPSA) is 49.4 Å². The van der Waals surface area contributed by atoms with Gasteiger partial charge in [-0.05, 0) is 24.6 Å². The summed E-state index contributed by atoms with van der Waals surface area (Å²) in [5, 5.41) is 2.92. The third-order valence-electron chi connectivity index (χ3n) is 4.27. The Morgan fingerprint density at radius 1 is 1.16 bits per heavy atom. The summed E-state index contributed by atoms with van der Waals surface area (Å²) in [7, 11) is 0. The number of hydrogen-bond acceptors (Lipinski definition) is 3. The van der Waals surface area contributed by atoms with Gasteiger partial charge in [0.05, 0.1) is 18.2 Å². The monoisotopic (exact) mass is 354 g/mol. The highest BCUT2D eigenvalue weighted by molar-refractivity contribution is 7.99. The number of anilines is 1. The Morgan fingerprint density at radius 2 is 1.88 bits per heavy atom. The highest BCUT2D eigenvalue weighted by Gasteiger charge is 2.26. The number of amides is 2. The number of carbonyl (C=O) groups excluding carboxylic acids is 2. The van der Waals surface area contributed by atoms with Crippen LogP contribution in [-0.2, 0) is 9.59 Å². The molecule has 0 unspecified atom stereocenters. The third kappa shape index (κ3) is 4.23. The zero-order chi connectivity index (χ0) is 17.8. The van der Waals surface area contributed by atoms with Gasteiger partial charge in [-0.25, -0.2) is 0 Å². The van der Waals surface area contributed by atoms with Gasteiger partial charge in [0.15, 0.2) is 0 Å². The lowest BCUT2D eigenvalue weighted by molar-refractivity contribution is -0.121. The molecule has 0 bridgehead atoms. The predicted molar refractivity (Wildman–Crippen MR) is 102 cm³/mol. The number of fused-ring (bicyclic) bond motifs is 1. The van der Waals surface area contributed by atoms with Gasteiger partial charge in [0.2, 0.25) is 11.8 Å². The fourth-order valence-corrected chi connectivity index (χ4v) is 4.00. The average Bonchev–Trinajstić information content (AvgIpc) is 2.61. The Morgan fingerprint density at radius 3 is 2.60 bits per heavy atom. The van der Waals surface area contributed by atoms with Crippen LogP contribution in [0.3, 0.4) is 0 Å². The van der Waals surface area contributed by atoms with Crippen LogP contribution >= 0.6 is 11.8 Å². The zero-order valence-electron chi connectivity index (χ0n) is 14.5. The molecular formula is C20H22N2O2S. The van der Waals surface area contributed by atoms with Gasteiger partial charge in [-0.1, -0.05) is 42.0 Å². The molecule has 5 heteroatoms. The van der Waals surface area contributed by atoms with Crippen molar-refractivity contribution >= 4 is 29.3 Å². The van der Waals surface area contributed by atoms with Crippen LogP contribution in [0.4, 0.5) is 5.69 Å². The van der Waals surface area contributed by atoms with E-state index in [0.29, 0.717) is 6.54 Å². The van der Waals surface area contributed by atoms with E-state index in [-0.39, 0.29) is 24.3 Å². The van der Waals surface area contributed by atoms with Crippen molar-refractivity contribution in [3.8, 4) is 0 Å². The van der Waals surface area contributed by atoms with Crippen molar-refractivity contribution in [2.75, 3.05) is 17.2 Å². The van der Waals surface area contributed by atoms with Crippen molar-refractivity contribution in [2.45, 2.75) is 31.2 Å². The summed E-state index contributed by atoms with van der Waals surface area (Å²) in [6.07, 6.45) is 0.252. The quantitative estimate of drug-likeness (QED) is 0.911. The molecule has 4 nitrogen and oxygen atoms in total. The van der Waals surface area contributed by atoms with Gasteiger partial charge < -0.3 is 10.2 Å². The number of nitrogens with zero attached hydrogens (tertiary/aromatic N) is 1. The van der Waals surface area contributed by atoms with E-state index in [1.165, 1.54) is 6.92 Å². The van der Waals surface area contributed by atoms with Crippen LogP contribution in [0.1, 0.15) is 30.5 Å². The maximum atomic E-state index is 13.0. The Hall–Kier alpha value is -2.27. The SMILES string of the molecule is CC(=O)N[C@@H](CC(=O)N1CCSc2ccccc21)c1ccc(C)cc1. The molecule has 2 amide bonds. The zero-order valence-corrected chi connectivity index (χ0v) is 15.3. The van der Waals surface area contributed by atoms with E-state index in [1.54, 1.807) is 11.8 Å². The fourth-order valence-electron chi connectivity index (χ4n) is 3.01. The van der Waals surface area contributed by atoms with E-state index in [4.69, 9.17) is 0 Å². The standard InChI is InChI=1S/C20H22N2O2S/c1-14-7-9-16(10-8-14)17(21-15(2)23)13-20(24)22-11-12-25-19-6-4-3-5-18(19)22/h3-10,17H,11-13H2,1-2H3,(H,21,23)/t17-/m0/s1. The second-order valence-electron chi connectivity index (χ2n) is 6.23. The number of benzene rings is 2. The molecule has 3 rings (SSSR count). The lowest BCUT2D eigenvalue weighted by Crippen LogP contribution is -2.38. The minimum atomic E-state index is -0.313. The average molecular weight is 354 g/mol. The number of carbonyl (C=O) groups is 2. The first-order valence-corrected chi connectivity index (χ1v) is 9.39. The number of para-hydroxylation sites is 1. The Balaban J connectivity index is 1.81. The number of hydrogen-bond donors (Lipinski definition) is 1. The van der Waals surface area contributed by atoms with Crippen molar-refractivity contribution in [3.63, 3.8) is 0 Å². The highest BCUT2D eigenvalue weighted by Crippen LogP contribution is 2.35. The van der Waals surface area contributed by atoms with E-state index in [2.05, 4.69) is 5.32 Å². The van der Waals surface area contributed by atoms with Gasteiger partial charge >= 0.3 is 0 Å². The molecule has 130 valence electrons. The summed E-state index contributed by atoms with van der Waals surface area (Å²) >= 11 is 1.77. The van der Waals surface area contributed by atoms with E-state index < -0.39 is 0 Å². The molecule has 0 fully saturated rings. The molecule has 1 aliphatic rings. The van der Waals surface area contributed by atoms with Gasteiger partial charge in [0.1, 0.15) is 0 Å². The Kier molecular flexibility index (Phi) is 5.43. The first kappa shape index (κ1) is 17.5. The van der Waals surface area contributed by atoms with Crippen molar-refractivity contribution in [2.24, 2.45) is 0 Å². The number of rotatable bonds is 4. The molecular weight excluding hydrogens is 332 g/mol. The molecule has 0 aromatic heterocycles. The Bertz CT molecular complexity index is 774. The van der Waals surface area contributed by atoms with Gasteiger partial charge in [-0.2, -0.15) is 0 Å². The first-order chi connectivity index (χ1) is 12.0. The second-order valence-corrected chi connectivity index (χ2v) is 7.37. The molecule has 0 spiro atoms. The summed E-state index contributed by atoms with van der Waals surface area (Å²) in [4.78, 5) is 27.5. The minimum absolute atomic E-state index is 0.0343. The van der Waals surface area contributed by atoms with Crippen LogP contribution in [0, 0.1) is 6.92 Å². The van der Waals surface area contributed by atoms with Crippen LogP contribution < -0.4 is 10.2 Å². The number of nitrogens with one attached hydrogen (secondary N) is 1. The number of aryl methyl sites for hydroxylation is 1. The molecule has 25 heavy (non-hydrogen) atoms. The van der Waals surface area contributed by atoms with Crippen molar-refractivity contribution < 1.29 is 9.59 Å². The largest absolute Gasteiger partial charge is 0.349 e. The molecule has 0 radical (unpaired) electrons. The van der Waals surface area contributed by atoms with Crippen LogP contribution in [0.2, 0.25) is 0 Å². The van der Waals surface area contributed by atoms with Gasteiger partial charge in [-0.3, -0.25) is 9.59 Å². The maximum absolute atomic E-state index is 13.0. The molecule has 1 aliphatic heterocycles. The summed E-state index contributed by atoms with van der Waals surface area (Å²) in [5.41, 5.74) is 3.07. The minimum Gasteiger partial charge on any atom is -0.349 e. The van der Waals surface area contributed by atoms with E-state index in [1.807, 2.05) is 60.4 Å². The smallest absolute Gasteiger partial charge is 0.229 e. The summed E-state index contributed by atoms with van der Waals surface area (Å²) < 4.78 is 0. The van der Waals surface area contributed by atoms with Crippen LogP contribution in [0.5, 0.6) is 0 Å². The molecule has 1 heterocycles. The van der Waals surface area contributed by atoms with Gasteiger partial charge in [0.25, 0.3) is 0 Å². The third-order valence-corrected chi connectivity index (χ3v) is 5.31. The first-order valence-electron chi connectivity index (χ1n) is 8.40. The highest BCUT2D eigenvalue weighted by atomic mass is 32.2. The molecule has 1 N–H and O–H groups in total. The molecule has 2 aromatic carbocycles. The molecule has 0 saturated carbocycles. The van der Waals surface area contributed by atoms with Gasteiger partial charge in [-0.15, -0.1) is 11.8 Å².